The molecule has 82 valence electrons. The van der Waals surface area contributed by atoms with Crippen LogP contribution in [0.4, 0.5) is 0 Å². The molecule has 0 radical (unpaired) electrons. The Bertz CT molecular complexity index is 342. The van der Waals surface area contributed by atoms with Gasteiger partial charge in [0.05, 0.1) is 0 Å². The molecular weight excluding hydrogens is 182 g/mol. The molecule has 1 aliphatic carbocycles. The van der Waals surface area contributed by atoms with Crippen LogP contribution < -0.4 is 5.73 Å². The third kappa shape index (κ3) is 1.41. The maximum Gasteiger partial charge on any atom is 0.00474 e. The van der Waals surface area contributed by atoms with Gasteiger partial charge in [0.1, 0.15) is 0 Å². The van der Waals surface area contributed by atoms with Crippen LogP contribution in [0, 0.1) is 11.3 Å². The van der Waals surface area contributed by atoms with E-state index >= 15 is 0 Å². The van der Waals surface area contributed by atoms with Crippen molar-refractivity contribution >= 4 is 0 Å². The average molecular weight is 203 g/mol. The zero-order valence-electron chi connectivity index (χ0n) is 9.96. The third-order valence-corrected chi connectivity index (χ3v) is 4.29. The fourth-order valence-electron chi connectivity index (χ4n) is 3.21. The second-order valence-corrected chi connectivity index (χ2v) is 5.53. The van der Waals surface area contributed by atoms with Crippen LogP contribution in [0.25, 0.3) is 0 Å². The molecule has 2 atom stereocenters. The fraction of sp³-hybridized carbons (Fsp3) is 0.571. The SMILES string of the molecule is C[C@H](CN)C1(c2ccccc2)CC1(C)C. The predicted octanol–water partition coefficient (Wildman–Crippen LogP) is 2.95. The monoisotopic (exact) mass is 203 g/mol. The lowest BCUT2D eigenvalue weighted by atomic mass is 9.78. The van der Waals surface area contributed by atoms with Crippen molar-refractivity contribution in [1.29, 1.82) is 0 Å². The number of hydrogen-bond donors (Lipinski definition) is 1. The second kappa shape index (κ2) is 3.34. The lowest BCUT2D eigenvalue weighted by molar-refractivity contribution is 0.366. The Morgan fingerprint density at radius 3 is 2.20 bits per heavy atom. The van der Waals surface area contributed by atoms with Gasteiger partial charge in [-0.15, -0.1) is 0 Å². The van der Waals surface area contributed by atoms with Crippen LogP contribution in [0.5, 0.6) is 0 Å². The minimum atomic E-state index is 0.322. The highest BCUT2D eigenvalue weighted by molar-refractivity contribution is 5.38. The van der Waals surface area contributed by atoms with Crippen molar-refractivity contribution in [2.75, 3.05) is 6.54 Å². The van der Waals surface area contributed by atoms with Crippen molar-refractivity contribution in [3.05, 3.63) is 35.9 Å². The third-order valence-electron chi connectivity index (χ3n) is 4.29. The molecule has 1 heteroatoms. The first-order valence-electron chi connectivity index (χ1n) is 5.80. The van der Waals surface area contributed by atoms with Crippen molar-refractivity contribution in [3.8, 4) is 0 Å². The van der Waals surface area contributed by atoms with Crippen molar-refractivity contribution in [2.45, 2.75) is 32.6 Å². The Kier molecular flexibility index (Phi) is 2.38. The largest absolute Gasteiger partial charge is 0.330 e. The van der Waals surface area contributed by atoms with E-state index in [0.29, 0.717) is 16.7 Å². The average Bonchev–Trinajstić information content (AvgIpc) is 2.83. The molecule has 1 fully saturated rings. The van der Waals surface area contributed by atoms with E-state index in [4.69, 9.17) is 5.73 Å². The lowest BCUT2D eigenvalue weighted by Gasteiger charge is -2.27. The number of rotatable bonds is 3. The van der Waals surface area contributed by atoms with Gasteiger partial charge in [-0.2, -0.15) is 0 Å². The van der Waals surface area contributed by atoms with E-state index in [1.807, 2.05) is 0 Å². The summed E-state index contributed by atoms with van der Waals surface area (Å²) in [4.78, 5) is 0. The summed E-state index contributed by atoms with van der Waals surface area (Å²) in [6.07, 6.45) is 1.27. The highest BCUT2D eigenvalue weighted by atomic mass is 14.7. The van der Waals surface area contributed by atoms with Gasteiger partial charge >= 0.3 is 0 Å². The van der Waals surface area contributed by atoms with Crippen LogP contribution in [0.1, 0.15) is 32.8 Å². The Hall–Kier alpha value is -0.820. The highest BCUT2D eigenvalue weighted by Crippen LogP contribution is 2.67. The minimum absolute atomic E-state index is 0.322. The molecule has 0 aliphatic heterocycles. The Morgan fingerprint density at radius 1 is 1.27 bits per heavy atom. The van der Waals surface area contributed by atoms with E-state index in [1.165, 1.54) is 12.0 Å². The predicted molar refractivity (Wildman–Crippen MR) is 64.7 cm³/mol. The summed E-state index contributed by atoms with van der Waals surface area (Å²) >= 11 is 0. The molecule has 1 aliphatic rings. The van der Waals surface area contributed by atoms with Gasteiger partial charge in [0.25, 0.3) is 0 Å². The first kappa shape index (κ1) is 10.7. The van der Waals surface area contributed by atoms with E-state index in [-0.39, 0.29) is 0 Å². The van der Waals surface area contributed by atoms with Crippen LogP contribution in [0.2, 0.25) is 0 Å². The van der Waals surface area contributed by atoms with Crippen molar-refractivity contribution in [1.82, 2.24) is 0 Å². The lowest BCUT2D eigenvalue weighted by Crippen LogP contribution is -2.29. The van der Waals surface area contributed by atoms with Gasteiger partial charge in [0.15, 0.2) is 0 Å². The quantitative estimate of drug-likeness (QED) is 0.803. The summed E-state index contributed by atoms with van der Waals surface area (Å²) in [7, 11) is 0. The van der Waals surface area contributed by atoms with Crippen molar-refractivity contribution in [3.63, 3.8) is 0 Å². The number of hydrogen-bond acceptors (Lipinski definition) is 1. The van der Waals surface area contributed by atoms with Crippen LogP contribution in [-0.4, -0.2) is 6.54 Å². The van der Waals surface area contributed by atoms with E-state index < -0.39 is 0 Å². The first-order chi connectivity index (χ1) is 7.04. The topological polar surface area (TPSA) is 26.0 Å². The molecule has 0 aromatic heterocycles. The molecule has 0 spiro atoms. The summed E-state index contributed by atoms with van der Waals surface area (Å²) in [5.74, 6) is 0.565. The van der Waals surface area contributed by atoms with E-state index in [2.05, 4.69) is 51.1 Å². The van der Waals surface area contributed by atoms with Gasteiger partial charge in [-0.25, -0.2) is 0 Å². The molecule has 1 aromatic rings. The maximum absolute atomic E-state index is 5.86. The smallest absolute Gasteiger partial charge is 0.00474 e. The molecule has 0 amide bonds. The zero-order valence-corrected chi connectivity index (χ0v) is 9.96. The molecule has 0 heterocycles. The maximum atomic E-state index is 5.86. The van der Waals surface area contributed by atoms with Crippen LogP contribution in [0.3, 0.4) is 0 Å². The van der Waals surface area contributed by atoms with E-state index in [1.54, 1.807) is 0 Å². The van der Waals surface area contributed by atoms with E-state index in [0.717, 1.165) is 6.54 Å². The van der Waals surface area contributed by atoms with Crippen molar-refractivity contribution in [2.24, 2.45) is 17.1 Å². The zero-order chi connectivity index (χ0) is 11.1. The minimum Gasteiger partial charge on any atom is -0.330 e. The normalized spacial score (nSPS) is 29.9. The number of benzene rings is 1. The second-order valence-electron chi connectivity index (χ2n) is 5.53. The van der Waals surface area contributed by atoms with Gasteiger partial charge in [-0.05, 0) is 29.9 Å². The van der Waals surface area contributed by atoms with Gasteiger partial charge in [0, 0.05) is 5.41 Å². The van der Waals surface area contributed by atoms with Crippen LogP contribution in [0.15, 0.2) is 30.3 Å². The van der Waals surface area contributed by atoms with Gasteiger partial charge in [0.2, 0.25) is 0 Å². The Morgan fingerprint density at radius 2 is 1.80 bits per heavy atom. The summed E-state index contributed by atoms with van der Waals surface area (Å²) in [5, 5.41) is 0. The Labute approximate surface area is 92.7 Å². The first-order valence-corrected chi connectivity index (χ1v) is 5.80. The molecule has 1 unspecified atom stereocenters. The molecule has 1 aromatic carbocycles. The van der Waals surface area contributed by atoms with Gasteiger partial charge in [-0.1, -0.05) is 51.1 Å². The summed E-state index contributed by atoms with van der Waals surface area (Å²) < 4.78 is 0. The molecule has 1 saturated carbocycles. The molecule has 1 nitrogen and oxygen atoms in total. The summed E-state index contributed by atoms with van der Waals surface area (Å²) in [5.41, 5.74) is 8.05. The van der Waals surface area contributed by atoms with E-state index in [9.17, 15) is 0 Å². The molecule has 0 saturated heterocycles. The molecule has 2 rings (SSSR count). The standard InChI is InChI=1S/C14H21N/c1-11(9-15)14(10-13(14,2)3)12-7-5-4-6-8-12/h4-8,11H,9-10,15H2,1-3H3/t11-,14?/m1/s1. The van der Waals surface area contributed by atoms with Crippen LogP contribution >= 0.6 is 0 Å². The van der Waals surface area contributed by atoms with Crippen LogP contribution in [-0.2, 0) is 5.41 Å². The fourth-order valence-corrected chi connectivity index (χ4v) is 3.21. The summed E-state index contributed by atoms with van der Waals surface area (Å²) in [6.45, 7) is 7.76. The van der Waals surface area contributed by atoms with Gasteiger partial charge < -0.3 is 5.73 Å². The molecular formula is C14H21N. The summed E-state index contributed by atoms with van der Waals surface area (Å²) in [6, 6.07) is 10.9. The molecule has 2 N–H and O–H groups in total. The van der Waals surface area contributed by atoms with Crippen molar-refractivity contribution < 1.29 is 0 Å². The number of nitrogens with two attached hydrogens (primary N) is 1. The highest BCUT2D eigenvalue weighted by Gasteiger charge is 2.63. The molecule has 15 heavy (non-hydrogen) atoms. The van der Waals surface area contributed by atoms with Gasteiger partial charge in [-0.3, -0.25) is 0 Å². The Balaban J connectivity index is 2.39. The molecule has 0 bridgehead atoms.